The Balaban J connectivity index is 0.00000420. The van der Waals surface area contributed by atoms with Crippen molar-refractivity contribution < 1.29 is 85.2 Å². The first-order chi connectivity index (χ1) is 25.7. The molecule has 5 rings (SSSR count). The Labute approximate surface area is 356 Å². The van der Waals surface area contributed by atoms with E-state index >= 15 is 0 Å². The number of carboxylic acid groups (broad SMARTS) is 2. The number of nitrogens with zero attached hydrogens (tertiary/aromatic N) is 4. The van der Waals surface area contributed by atoms with Crippen LogP contribution in [0.5, 0.6) is 0 Å². The molecule has 0 atom stereocenters. The van der Waals surface area contributed by atoms with Gasteiger partial charge in [0.1, 0.15) is 6.54 Å². The second-order valence-corrected chi connectivity index (χ2v) is 12.7. The Hall–Kier alpha value is -4.93. The van der Waals surface area contributed by atoms with Gasteiger partial charge in [-0.3, -0.25) is 14.4 Å². The van der Waals surface area contributed by atoms with Crippen LogP contribution in [-0.4, -0.2) is 66.3 Å². The average Bonchev–Trinajstić information content (AvgIpc) is 3.82. The standard InChI is InChI=1S/C40H44N6O8.Co.Na/c1-9-23-20(4)35-39(41-17-31(47)48)36-21(5)25(11-13-33(51)53-7)29(45-36)16-30-26(12-14-34(52)54-8)22(6)37(46-30)40(42-18-32(49)50)38-24(10-2)19(3)27(43-38)15-28(23)44-35;;/h9-10,15-16H,1-2,11-14,17-18H2,3-8H3,(H6,41,42,43,44,45,46,47,48,49,50);;/q;+2;+1/p-3. The Morgan fingerprint density at radius 3 is 1.95 bits per heavy atom. The predicted molar refractivity (Wildman–Crippen MR) is 205 cm³/mol. The number of allylic oxidation sites excluding steroid dienone is 5. The van der Waals surface area contributed by atoms with Crippen LogP contribution < -0.4 is 55.3 Å². The summed E-state index contributed by atoms with van der Waals surface area (Å²) in [6, 6.07) is 3.52. The number of rotatable bonds is 14. The fraction of sp³-hybridized carbons (Fsp3) is 0.300. The molecule has 2 aliphatic rings. The van der Waals surface area contributed by atoms with Crippen molar-refractivity contribution in [2.75, 3.05) is 37.9 Å². The van der Waals surface area contributed by atoms with Crippen molar-refractivity contribution in [3.8, 4) is 0 Å². The first-order valence-electron chi connectivity index (χ1n) is 17.1. The van der Waals surface area contributed by atoms with Gasteiger partial charge in [-0.1, -0.05) is 54.1 Å². The molecule has 0 unspecified atom stereocenters. The van der Waals surface area contributed by atoms with Gasteiger partial charge in [0.15, 0.2) is 0 Å². The minimum atomic E-state index is -1.35. The van der Waals surface area contributed by atoms with E-state index in [0.29, 0.717) is 95.2 Å². The molecule has 14 nitrogen and oxygen atoms in total. The normalized spacial score (nSPS) is 12.0. The number of aliphatic carboxylic acids is 2. The summed E-state index contributed by atoms with van der Waals surface area (Å²) < 4.78 is 9.88. The number of ether oxygens (including phenoxy) is 2. The summed E-state index contributed by atoms with van der Waals surface area (Å²) in [7, 11) is 2.61. The van der Waals surface area contributed by atoms with E-state index < -0.39 is 37.0 Å². The average molecular weight is 816 g/mol. The van der Waals surface area contributed by atoms with Crippen LogP contribution in [-0.2, 0) is 51.9 Å². The number of hydrogen-bond acceptors (Lipinski definition) is 11. The SMILES string of the molecule is C=CC1=C(C)c2cc3[n-]c(c(C)c3C=C)c(NCC(=O)[O-])c3nc(cc4[n-]c(c(C)c4CCC(=O)OC)c(NCC(=O)O)c1n2)C(CCC(=O)OC)=C3C.[Co+2].[Na+]. The molecule has 0 saturated heterocycles. The van der Waals surface area contributed by atoms with Crippen molar-refractivity contribution >= 4 is 85.7 Å². The van der Waals surface area contributed by atoms with Crippen molar-refractivity contribution in [3.05, 3.63) is 76.4 Å². The molecule has 1 radical (unpaired) electrons. The van der Waals surface area contributed by atoms with Gasteiger partial charge in [-0.05, 0) is 62.8 Å². The largest absolute Gasteiger partial charge is 2.00 e. The molecule has 3 aromatic rings. The monoisotopic (exact) mass is 815 g/mol. The van der Waals surface area contributed by atoms with Gasteiger partial charge >= 0.3 is 64.2 Å². The summed E-state index contributed by atoms with van der Waals surface area (Å²) in [5.41, 5.74) is 9.61. The maximum atomic E-state index is 12.4. The minimum absolute atomic E-state index is 0. The van der Waals surface area contributed by atoms with Gasteiger partial charge < -0.3 is 45.1 Å². The van der Waals surface area contributed by atoms with E-state index in [1.165, 1.54) is 14.2 Å². The molecule has 289 valence electrons. The summed E-state index contributed by atoms with van der Waals surface area (Å²) in [6.07, 6.45) is 3.79. The number of aromatic nitrogens is 4. The van der Waals surface area contributed by atoms with Crippen molar-refractivity contribution in [2.24, 2.45) is 0 Å². The van der Waals surface area contributed by atoms with Crippen LogP contribution >= 0.6 is 0 Å². The van der Waals surface area contributed by atoms with Gasteiger partial charge in [-0.2, -0.15) is 0 Å². The smallest absolute Gasteiger partial charge is 0.656 e. The first-order valence-corrected chi connectivity index (χ1v) is 17.1. The van der Waals surface area contributed by atoms with Crippen LogP contribution in [0.15, 0.2) is 31.4 Å². The summed E-state index contributed by atoms with van der Waals surface area (Å²) in [4.78, 5) is 68.6. The second kappa shape index (κ2) is 19.3. The number of carbonyl (C=O) groups excluding carboxylic acids is 3. The fourth-order valence-corrected chi connectivity index (χ4v) is 6.73. The molecule has 3 aromatic heterocycles. The van der Waals surface area contributed by atoms with Crippen LogP contribution in [0.25, 0.3) is 50.4 Å². The molecule has 16 heteroatoms. The van der Waals surface area contributed by atoms with E-state index in [2.05, 4.69) is 23.8 Å². The molecule has 3 N–H and O–H groups in total. The molecular weight excluding hydrogens is 774 g/mol. The Kier molecular flexibility index (Phi) is 15.7. The second-order valence-electron chi connectivity index (χ2n) is 12.7. The zero-order chi connectivity index (χ0) is 39.4. The first kappa shape index (κ1) is 45.5. The Morgan fingerprint density at radius 1 is 0.804 bits per heavy atom. The van der Waals surface area contributed by atoms with Crippen LogP contribution in [0.3, 0.4) is 0 Å². The molecule has 0 aliphatic carbocycles. The maximum absolute atomic E-state index is 12.4. The third-order valence-corrected chi connectivity index (χ3v) is 9.58. The van der Waals surface area contributed by atoms with Gasteiger partial charge in [0, 0.05) is 29.8 Å². The zero-order valence-corrected chi connectivity index (χ0v) is 35.4. The van der Waals surface area contributed by atoms with Crippen LogP contribution in [0.4, 0.5) is 11.4 Å². The summed E-state index contributed by atoms with van der Waals surface area (Å²) in [6.45, 7) is 14.4. The zero-order valence-electron chi connectivity index (χ0n) is 32.4. The van der Waals surface area contributed by atoms with Crippen LogP contribution in [0.1, 0.15) is 78.1 Å². The van der Waals surface area contributed by atoms with E-state index in [1.807, 2.05) is 27.7 Å². The number of hydrogen-bond donors (Lipinski definition) is 3. The van der Waals surface area contributed by atoms with E-state index in [4.69, 9.17) is 29.4 Å². The molecule has 0 saturated carbocycles. The van der Waals surface area contributed by atoms with Crippen LogP contribution in [0, 0.1) is 13.8 Å². The minimum Gasteiger partial charge on any atom is -0.656 e. The number of aryl methyl sites for hydroxylation is 3. The third-order valence-electron chi connectivity index (χ3n) is 9.58. The number of anilines is 2. The van der Waals surface area contributed by atoms with Gasteiger partial charge in [-0.25, -0.2) is 9.97 Å². The molecule has 0 fully saturated rings. The maximum Gasteiger partial charge on any atom is 2.00 e. The predicted octanol–water partition coefficient (Wildman–Crippen LogP) is 1.60. The fourth-order valence-electron chi connectivity index (χ4n) is 6.73. The van der Waals surface area contributed by atoms with E-state index in [9.17, 15) is 29.4 Å². The van der Waals surface area contributed by atoms with Crippen molar-refractivity contribution in [1.29, 1.82) is 0 Å². The number of carboxylic acids is 2. The molecule has 0 amide bonds. The van der Waals surface area contributed by atoms with Crippen LogP contribution in [0.2, 0.25) is 0 Å². The quantitative estimate of drug-likeness (QED) is 0.156. The molecule has 0 spiro atoms. The van der Waals surface area contributed by atoms with E-state index in [1.54, 1.807) is 24.3 Å². The van der Waals surface area contributed by atoms with Gasteiger partial charge in [0.2, 0.25) is 0 Å². The molecule has 5 heterocycles. The van der Waals surface area contributed by atoms with Gasteiger partial charge in [-0.15, -0.1) is 22.1 Å². The van der Waals surface area contributed by atoms with E-state index in [0.717, 1.165) is 5.57 Å². The Bertz CT molecular complexity index is 2360. The number of fused-ring (bicyclic) bond motifs is 8. The summed E-state index contributed by atoms with van der Waals surface area (Å²) in [5.74, 6) is -3.33. The topological polar surface area (TPSA) is 208 Å². The number of methoxy groups -OCH3 is 2. The van der Waals surface area contributed by atoms with Gasteiger partial charge in [0.25, 0.3) is 0 Å². The molecule has 2 aliphatic heterocycles. The number of carbonyl (C=O) groups is 4. The number of esters is 2. The van der Waals surface area contributed by atoms with Crippen molar-refractivity contribution in [2.45, 2.75) is 53.4 Å². The van der Waals surface area contributed by atoms with Crippen molar-refractivity contribution in [3.63, 3.8) is 0 Å². The van der Waals surface area contributed by atoms with Gasteiger partial charge in [0.05, 0.1) is 49.5 Å². The summed E-state index contributed by atoms with van der Waals surface area (Å²) >= 11 is 0. The number of nitrogens with one attached hydrogen (secondary N) is 2. The van der Waals surface area contributed by atoms with Crippen molar-refractivity contribution in [1.82, 2.24) is 19.9 Å². The third kappa shape index (κ3) is 9.19. The summed E-state index contributed by atoms with van der Waals surface area (Å²) in [5, 5.41) is 27.6. The molecule has 0 aromatic carbocycles. The Morgan fingerprint density at radius 2 is 1.36 bits per heavy atom. The molecule has 8 bridgehead atoms. The van der Waals surface area contributed by atoms with E-state index in [-0.39, 0.29) is 72.0 Å². The molecular formula is C40H41CoN6NaO8. The molecule has 56 heavy (non-hydrogen) atoms.